The van der Waals surface area contributed by atoms with E-state index in [2.05, 4.69) is 10.3 Å². The van der Waals surface area contributed by atoms with Crippen LogP contribution in [-0.2, 0) is 4.79 Å². The van der Waals surface area contributed by atoms with Gasteiger partial charge in [0.2, 0.25) is 11.7 Å². The van der Waals surface area contributed by atoms with Crippen molar-refractivity contribution in [1.29, 1.82) is 0 Å². The smallest absolute Gasteiger partial charge is 0.311 e. The third kappa shape index (κ3) is 4.06. The van der Waals surface area contributed by atoms with Gasteiger partial charge >= 0.3 is 5.69 Å². The molecule has 1 aromatic heterocycles. The molecular weight excluding hydrogens is 272 g/mol. The molecule has 0 spiro atoms. The number of hydrogen-bond donors (Lipinski definition) is 1. The molecule has 0 aliphatic heterocycles. The van der Waals surface area contributed by atoms with Crippen LogP contribution in [0, 0.1) is 10.1 Å². The zero-order chi connectivity index (χ0) is 14.4. The summed E-state index contributed by atoms with van der Waals surface area (Å²) in [5.74, 6) is -0.154. The Bertz CT molecular complexity index is 477. The van der Waals surface area contributed by atoms with Gasteiger partial charge in [-0.2, -0.15) is 0 Å². The Morgan fingerprint density at radius 2 is 2.11 bits per heavy atom. The number of nitrogens with one attached hydrogen (secondary N) is 1. The Labute approximate surface area is 115 Å². The summed E-state index contributed by atoms with van der Waals surface area (Å²) in [5, 5.41) is 13.6. The number of aromatic nitrogens is 1. The predicted molar refractivity (Wildman–Crippen MR) is 72.3 cm³/mol. The molecule has 0 aromatic carbocycles. The van der Waals surface area contributed by atoms with Gasteiger partial charge in [0.1, 0.15) is 5.15 Å². The Hall–Kier alpha value is -1.89. The summed E-state index contributed by atoms with van der Waals surface area (Å²) in [7, 11) is 0. The zero-order valence-electron chi connectivity index (χ0n) is 10.7. The van der Waals surface area contributed by atoms with Gasteiger partial charge in [-0.1, -0.05) is 11.6 Å². The highest BCUT2D eigenvalue weighted by molar-refractivity contribution is 6.29. The molecule has 1 aromatic rings. The lowest BCUT2D eigenvalue weighted by molar-refractivity contribution is -0.384. The fourth-order valence-corrected chi connectivity index (χ4v) is 1.70. The molecule has 1 amide bonds. The normalized spacial score (nSPS) is 10.1. The number of likely N-dealkylation sites (N-methyl/N-ethyl adjacent to an activating group) is 1. The van der Waals surface area contributed by atoms with Crippen molar-refractivity contribution in [2.24, 2.45) is 0 Å². The molecule has 1 heterocycles. The number of carbonyl (C=O) groups excluding carboxylic acids is 1. The second-order valence-corrected chi connectivity index (χ2v) is 4.07. The van der Waals surface area contributed by atoms with Crippen LogP contribution < -0.4 is 5.32 Å². The van der Waals surface area contributed by atoms with Crippen molar-refractivity contribution in [1.82, 2.24) is 9.88 Å². The first-order valence-electron chi connectivity index (χ1n) is 5.82. The fraction of sp³-hybridized carbons (Fsp3) is 0.455. The van der Waals surface area contributed by atoms with E-state index in [1.165, 1.54) is 12.1 Å². The molecule has 19 heavy (non-hydrogen) atoms. The summed E-state index contributed by atoms with van der Waals surface area (Å²) < 4.78 is 0. The molecule has 1 N–H and O–H groups in total. The van der Waals surface area contributed by atoms with Crippen LogP contribution >= 0.6 is 11.6 Å². The lowest BCUT2D eigenvalue weighted by atomic mass is 10.3. The highest BCUT2D eigenvalue weighted by atomic mass is 35.5. The Morgan fingerprint density at radius 3 is 2.63 bits per heavy atom. The number of hydrogen-bond acceptors (Lipinski definition) is 5. The largest absolute Gasteiger partial charge is 0.355 e. The van der Waals surface area contributed by atoms with Crippen molar-refractivity contribution >= 4 is 29.0 Å². The number of nitrogens with zero attached hydrogens (tertiary/aromatic N) is 3. The second kappa shape index (κ2) is 6.89. The molecule has 0 fully saturated rings. The van der Waals surface area contributed by atoms with Crippen LogP contribution in [0.3, 0.4) is 0 Å². The van der Waals surface area contributed by atoms with E-state index >= 15 is 0 Å². The Balaban J connectivity index is 2.79. The van der Waals surface area contributed by atoms with E-state index in [9.17, 15) is 14.9 Å². The number of halogens is 1. The summed E-state index contributed by atoms with van der Waals surface area (Å²) in [6, 6.07) is 2.58. The summed E-state index contributed by atoms with van der Waals surface area (Å²) in [6.07, 6.45) is 0. The average molecular weight is 287 g/mol. The Kier molecular flexibility index (Phi) is 5.50. The van der Waals surface area contributed by atoms with Crippen molar-refractivity contribution in [2.75, 3.05) is 25.0 Å². The molecule has 0 radical (unpaired) electrons. The molecule has 0 bridgehead atoms. The zero-order valence-corrected chi connectivity index (χ0v) is 11.5. The van der Waals surface area contributed by atoms with Crippen LogP contribution in [0.4, 0.5) is 11.5 Å². The van der Waals surface area contributed by atoms with E-state index in [1.807, 2.05) is 13.8 Å². The number of rotatable bonds is 6. The second-order valence-electron chi connectivity index (χ2n) is 3.68. The summed E-state index contributed by atoms with van der Waals surface area (Å²) in [6.45, 7) is 4.84. The predicted octanol–water partition coefficient (Wildman–Crippen LogP) is 1.92. The van der Waals surface area contributed by atoms with Crippen molar-refractivity contribution in [2.45, 2.75) is 13.8 Å². The topological polar surface area (TPSA) is 88.4 Å². The van der Waals surface area contributed by atoms with E-state index < -0.39 is 4.92 Å². The van der Waals surface area contributed by atoms with E-state index in [-0.39, 0.29) is 29.1 Å². The van der Waals surface area contributed by atoms with Crippen molar-refractivity contribution < 1.29 is 9.72 Å². The Morgan fingerprint density at radius 1 is 1.47 bits per heavy atom. The molecule has 0 atom stereocenters. The van der Waals surface area contributed by atoms with E-state index in [0.717, 1.165) is 0 Å². The maximum atomic E-state index is 11.8. The lowest BCUT2D eigenvalue weighted by Gasteiger charge is -2.18. The highest BCUT2D eigenvalue weighted by Crippen LogP contribution is 2.23. The first-order chi connectivity index (χ1) is 8.99. The van der Waals surface area contributed by atoms with Crippen molar-refractivity contribution in [3.05, 3.63) is 27.4 Å². The van der Waals surface area contributed by atoms with E-state index in [0.29, 0.717) is 13.1 Å². The minimum atomic E-state index is -0.576. The SMILES string of the molecule is CCN(CC)C(=O)CNc1nc(Cl)ccc1[N+](=O)[O-]. The first kappa shape index (κ1) is 15.2. The molecule has 7 nitrogen and oxygen atoms in total. The number of amides is 1. The van der Waals surface area contributed by atoms with Gasteiger partial charge in [-0.05, 0) is 19.9 Å². The number of nitro groups is 1. The molecular formula is C11H15ClN4O3. The lowest BCUT2D eigenvalue weighted by Crippen LogP contribution is -2.35. The molecule has 0 saturated carbocycles. The van der Waals surface area contributed by atoms with Crippen LogP contribution in [0.15, 0.2) is 12.1 Å². The molecule has 0 aliphatic rings. The van der Waals surface area contributed by atoms with Crippen LogP contribution in [0.1, 0.15) is 13.8 Å². The van der Waals surface area contributed by atoms with Gasteiger partial charge in [0.25, 0.3) is 0 Å². The number of anilines is 1. The highest BCUT2D eigenvalue weighted by Gasteiger charge is 2.17. The van der Waals surface area contributed by atoms with Gasteiger partial charge in [0.15, 0.2) is 0 Å². The van der Waals surface area contributed by atoms with Crippen LogP contribution in [0.2, 0.25) is 5.15 Å². The van der Waals surface area contributed by atoms with Crippen LogP contribution in [0.25, 0.3) is 0 Å². The molecule has 1 rings (SSSR count). The third-order valence-corrected chi connectivity index (χ3v) is 2.77. The molecule has 0 saturated heterocycles. The average Bonchev–Trinajstić information content (AvgIpc) is 2.37. The monoisotopic (exact) mass is 286 g/mol. The third-order valence-electron chi connectivity index (χ3n) is 2.56. The first-order valence-corrected chi connectivity index (χ1v) is 6.20. The van der Waals surface area contributed by atoms with Gasteiger partial charge in [0, 0.05) is 19.2 Å². The van der Waals surface area contributed by atoms with Gasteiger partial charge in [-0.15, -0.1) is 0 Å². The fourth-order valence-electron chi connectivity index (χ4n) is 1.55. The van der Waals surface area contributed by atoms with Crippen LogP contribution in [-0.4, -0.2) is 40.3 Å². The molecule has 0 aliphatic carbocycles. The summed E-state index contributed by atoms with van der Waals surface area (Å²) in [4.78, 5) is 27.4. The van der Waals surface area contributed by atoms with Crippen molar-refractivity contribution in [3.63, 3.8) is 0 Å². The van der Waals surface area contributed by atoms with Gasteiger partial charge in [-0.25, -0.2) is 4.98 Å². The summed E-state index contributed by atoms with van der Waals surface area (Å²) >= 11 is 5.68. The van der Waals surface area contributed by atoms with Crippen molar-refractivity contribution in [3.8, 4) is 0 Å². The van der Waals surface area contributed by atoms with Crippen LogP contribution in [0.5, 0.6) is 0 Å². The maximum absolute atomic E-state index is 11.8. The molecule has 0 unspecified atom stereocenters. The van der Waals surface area contributed by atoms with E-state index in [1.54, 1.807) is 4.90 Å². The van der Waals surface area contributed by atoms with Gasteiger partial charge in [-0.3, -0.25) is 14.9 Å². The number of carbonyl (C=O) groups is 1. The minimum Gasteiger partial charge on any atom is -0.355 e. The maximum Gasteiger partial charge on any atom is 0.311 e. The van der Waals surface area contributed by atoms with Gasteiger partial charge in [0.05, 0.1) is 11.5 Å². The quantitative estimate of drug-likeness (QED) is 0.490. The number of pyridine rings is 1. The molecule has 8 heteroatoms. The standard InChI is InChI=1S/C11H15ClN4O3/c1-3-15(4-2)10(17)7-13-11-8(16(18)19)5-6-9(12)14-11/h5-6H,3-4,7H2,1-2H3,(H,13,14). The minimum absolute atomic E-state index is 0.00185. The molecule has 104 valence electrons. The van der Waals surface area contributed by atoms with E-state index in [4.69, 9.17) is 11.6 Å². The summed E-state index contributed by atoms with van der Waals surface area (Å²) in [5.41, 5.74) is -0.211. The van der Waals surface area contributed by atoms with Gasteiger partial charge < -0.3 is 10.2 Å².